The highest BCUT2D eigenvalue weighted by Gasteiger charge is 2.29. The van der Waals surface area contributed by atoms with Gasteiger partial charge in [0.05, 0.1) is 16.8 Å². The van der Waals surface area contributed by atoms with Crippen LogP contribution >= 0.6 is 11.3 Å². The number of carbonyl (C=O) groups excluding carboxylic acids is 3. The number of hydrogen-bond acceptors (Lipinski definition) is 6. The molecule has 0 bridgehead atoms. The molecule has 8 heteroatoms. The molecule has 0 spiro atoms. The summed E-state index contributed by atoms with van der Waals surface area (Å²) in [7, 11) is 0. The number of nitrogens with zero attached hydrogens (tertiary/aromatic N) is 1. The van der Waals surface area contributed by atoms with Crippen LogP contribution in [-0.2, 0) is 16.0 Å². The van der Waals surface area contributed by atoms with Crippen molar-refractivity contribution in [2.75, 3.05) is 6.54 Å². The smallest absolute Gasteiger partial charge is 0.339 e. The third-order valence-corrected chi connectivity index (χ3v) is 6.05. The molecule has 0 saturated carbocycles. The van der Waals surface area contributed by atoms with E-state index in [1.807, 2.05) is 41.8 Å². The lowest BCUT2D eigenvalue weighted by molar-refractivity contribution is -0.127. The Bertz CT molecular complexity index is 1220. The minimum atomic E-state index is -1.13. The Morgan fingerprint density at radius 1 is 1.19 bits per heavy atom. The lowest BCUT2D eigenvalue weighted by Crippen LogP contribution is -2.44. The Hall–Kier alpha value is -3.52. The van der Waals surface area contributed by atoms with Crippen molar-refractivity contribution >= 4 is 51.8 Å². The molecule has 1 aliphatic rings. The molecule has 2 N–H and O–H groups in total. The molecule has 4 rings (SSSR count). The van der Waals surface area contributed by atoms with Gasteiger partial charge in [-0.1, -0.05) is 24.3 Å². The molecule has 0 fully saturated rings. The van der Waals surface area contributed by atoms with Gasteiger partial charge in [0.2, 0.25) is 0 Å². The molecule has 32 heavy (non-hydrogen) atoms. The summed E-state index contributed by atoms with van der Waals surface area (Å²) in [5, 5.41) is 7.35. The number of para-hydroxylation sites is 1. The van der Waals surface area contributed by atoms with Crippen LogP contribution < -0.4 is 10.6 Å². The average Bonchev–Trinajstić information content (AvgIpc) is 3.42. The number of benzene rings is 1. The van der Waals surface area contributed by atoms with Gasteiger partial charge in [0.1, 0.15) is 0 Å². The van der Waals surface area contributed by atoms with Gasteiger partial charge in [-0.25, -0.2) is 14.6 Å². The van der Waals surface area contributed by atoms with Crippen molar-refractivity contribution in [3.8, 4) is 0 Å². The summed E-state index contributed by atoms with van der Waals surface area (Å²) < 4.78 is 5.48. The van der Waals surface area contributed by atoms with Crippen LogP contribution in [0.1, 0.15) is 46.8 Å². The summed E-state index contributed by atoms with van der Waals surface area (Å²) in [4.78, 5) is 43.0. The quantitative estimate of drug-likeness (QED) is 0.570. The van der Waals surface area contributed by atoms with E-state index in [1.165, 1.54) is 6.92 Å². The summed E-state index contributed by atoms with van der Waals surface area (Å²) in [6.07, 6.45) is 2.41. The zero-order valence-corrected chi connectivity index (χ0v) is 18.6. The first kappa shape index (κ1) is 21.7. The summed E-state index contributed by atoms with van der Waals surface area (Å²) in [5.74, 6) is -1.28. The van der Waals surface area contributed by atoms with Gasteiger partial charge < -0.3 is 10.1 Å². The van der Waals surface area contributed by atoms with Crippen LogP contribution in [0, 0.1) is 0 Å². The van der Waals surface area contributed by atoms with Crippen LogP contribution in [0.2, 0.25) is 0 Å². The monoisotopic (exact) mass is 449 g/mol. The number of pyridine rings is 1. The highest BCUT2D eigenvalue weighted by atomic mass is 32.1. The van der Waals surface area contributed by atoms with Crippen LogP contribution in [0.25, 0.3) is 22.6 Å². The Balaban J connectivity index is 1.67. The van der Waals surface area contributed by atoms with Crippen molar-refractivity contribution in [2.45, 2.75) is 32.8 Å². The van der Waals surface area contributed by atoms with E-state index in [9.17, 15) is 14.4 Å². The van der Waals surface area contributed by atoms with E-state index in [4.69, 9.17) is 9.72 Å². The van der Waals surface area contributed by atoms with Gasteiger partial charge in [-0.2, -0.15) is 0 Å². The molecule has 0 aliphatic heterocycles. The topological polar surface area (TPSA) is 97.4 Å². The number of aromatic nitrogens is 1. The number of imide groups is 1. The van der Waals surface area contributed by atoms with Gasteiger partial charge in [0.15, 0.2) is 6.10 Å². The molecule has 3 aromatic rings. The minimum Gasteiger partial charge on any atom is -0.449 e. The zero-order chi connectivity index (χ0) is 22.7. The predicted molar refractivity (Wildman–Crippen MR) is 124 cm³/mol. The van der Waals surface area contributed by atoms with E-state index in [0.717, 1.165) is 28.1 Å². The number of rotatable bonds is 5. The fourth-order valence-corrected chi connectivity index (χ4v) is 4.43. The largest absolute Gasteiger partial charge is 0.449 e. The average molecular weight is 450 g/mol. The molecule has 1 aliphatic carbocycles. The van der Waals surface area contributed by atoms with Crippen molar-refractivity contribution in [3.05, 3.63) is 63.5 Å². The molecule has 2 heterocycles. The third-order valence-electron chi connectivity index (χ3n) is 5.23. The van der Waals surface area contributed by atoms with Crippen LogP contribution in [0.5, 0.6) is 0 Å². The number of urea groups is 1. The SMILES string of the molecule is CCNC(=O)NC(=O)C(C)OC(=O)c1c2c(nc3ccccc13)/C(=C/c1cccs1)CC2. The molecule has 1 atom stereocenters. The molecule has 2 aromatic heterocycles. The highest BCUT2D eigenvalue weighted by Crippen LogP contribution is 2.38. The van der Waals surface area contributed by atoms with Crippen LogP contribution in [0.3, 0.4) is 0 Å². The van der Waals surface area contributed by atoms with E-state index in [1.54, 1.807) is 18.3 Å². The normalized spacial score (nSPS) is 14.8. The van der Waals surface area contributed by atoms with E-state index >= 15 is 0 Å². The van der Waals surface area contributed by atoms with Gasteiger partial charge in [0.25, 0.3) is 5.91 Å². The highest BCUT2D eigenvalue weighted by molar-refractivity contribution is 7.10. The first-order chi connectivity index (χ1) is 15.5. The number of esters is 1. The van der Waals surface area contributed by atoms with Gasteiger partial charge in [-0.05, 0) is 61.4 Å². The Morgan fingerprint density at radius 2 is 2.00 bits per heavy atom. The number of hydrogen-bond donors (Lipinski definition) is 2. The Morgan fingerprint density at radius 3 is 2.75 bits per heavy atom. The molecular weight excluding hydrogens is 426 g/mol. The van der Waals surface area contributed by atoms with Crippen LogP contribution in [-0.4, -0.2) is 35.5 Å². The second-order valence-electron chi connectivity index (χ2n) is 7.41. The van der Waals surface area contributed by atoms with Crippen molar-refractivity contribution < 1.29 is 19.1 Å². The number of fused-ring (bicyclic) bond motifs is 2. The fraction of sp³-hybridized carbons (Fsp3) is 0.250. The van der Waals surface area contributed by atoms with Gasteiger partial charge in [0, 0.05) is 16.8 Å². The van der Waals surface area contributed by atoms with Gasteiger partial charge in [-0.3, -0.25) is 10.1 Å². The lowest BCUT2D eigenvalue weighted by Gasteiger charge is -2.16. The zero-order valence-electron chi connectivity index (χ0n) is 17.8. The van der Waals surface area contributed by atoms with Crippen molar-refractivity contribution in [1.82, 2.24) is 15.6 Å². The molecule has 1 unspecified atom stereocenters. The summed E-state index contributed by atoms with van der Waals surface area (Å²) >= 11 is 1.65. The molecule has 7 nitrogen and oxygen atoms in total. The standard InChI is InChI=1S/C24H23N3O4S/c1-3-25-24(30)27-22(28)14(2)31-23(29)20-17-8-4-5-9-19(17)26-21-15(10-11-18(20)21)13-16-7-6-12-32-16/h4-9,12-14H,3,10-11H2,1-2H3,(H2,25,27,28,30)/b15-13+. The molecule has 1 aromatic carbocycles. The second-order valence-corrected chi connectivity index (χ2v) is 8.39. The molecule has 0 radical (unpaired) electrons. The summed E-state index contributed by atoms with van der Waals surface area (Å²) in [6.45, 7) is 3.56. The number of thiophene rings is 1. The van der Waals surface area contributed by atoms with Crippen molar-refractivity contribution in [2.24, 2.45) is 0 Å². The molecule has 0 saturated heterocycles. The maximum absolute atomic E-state index is 13.2. The van der Waals surface area contributed by atoms with Gasteiger partial charge in [-0.15, -0.1) is 11.3 Å². The molecular formula is C24H23N3O4S. The maximum Gasteiger partial charge on any atom is 0.339 e. The Kier molecular flexibility index (Phi) is 6.32. The number of carbonyl (C=O) groups is 3. The van der Waals surface area contributed by atoms with E-state index in [2.05, 4.69) is 16.7 Å². The number of amides is 3. The molecule has 3 amide bonds. The van der Waals surface area contributed by atoms with E-state index < -0.39 is 24.0 Å². The fourth-order valence-electron chi connectivity index (χ4n) is 3.75. The summed E-state index contributed by atoms with van der Waals surface area (Å²) in [6, 6.07) is 10.8. The van der Waals surface area contributed by atoms with Gasteiger partial charge >= 0.3 is 12.0 Å². The van der Waals surface area contributed by atoms with Crippen molar-refractivity contribution in [3.63, 3.8) is 0 Å². The first-order valence-corrected chi connectivity index (χ1v) is 11.3. The van der Waals surface area contributed by atoms with Crippen LogP contribution in [0.15, 0.2) is 41.8 Å². The number of nitrogens with one attached hydrogen (secondary N) is 2. The Labute approximate surface area is 189 Å². The van der Waals surface area contributed by atoms with Crippen molar-refractivity contribution in [1.29, 1.82) is 0 Å². The van der Waals surface area contributed by atoms with E-state index in [0.29, 0.717) is 29.4 Å². The van der Waals surface area contributed by atoms with E-state index in [-0.39, 0.29) is 0 Å². The minimum absolute atomic E-state index is 0.379. The maximum atomic E-state index is 13.2. The summed E-state index contributed by atoms with van der Waals surface area (Å²) in [5.41, 5.74) is 3.81. The molecule has 164 valence electrons. The number of ether oxygens (including phenoxy) is 1. The third kappa shape index (κ3) is 4.40. The number of allylic oxidation sites excluding steroid dienone is 1. The first-order valence-electron chi connectivity index (χ1n) is 10.4. The predicted octanol–water partition coefficient (Wildman–Crippen LogP) is 4.17. The lowest BCUT2D eigenvalue weighted by atomic mass is 10.0. The second kappa shape index (κ2) is 9.32. The van der Waals surface area contributed by atoms with Crippen LogP contribution in [0.4, 0.5) is 4.79 Å².